The summed E-state index contributed by atoms with van der Waals surface area (Å²) < 4.78 is 5.31. The summed E-state index contributed by atoms with van der Waals surface area (Å²) in [6.45, 7) is 2.37. The lowest BCUT2D eigenvalue weighted by atomic mass is 10.00. The summed E-state index contributed by atoms with van der Waals surface area (Å²) in [5.41, 5.74) is 0.578. The minimum Gasteiger partial charge on any atom is -0.381 e. The molecule has 2 rings (SSSR count). The summed E-state index contributed by atoms with van der Waals surface area (Å²) in [4.78, 5) is 17.8. The second-order valence-corrected chi connectivity index (χ2v) is 5.00. The fraction of sp³-hybridized carbons (Fsp3) is 0.538. The summed E-state index contributed by atoms with van der Waals surface area (Å²) in [7, 11) is 1.83. The molecular weight excluding hydrogens is 252 g/mol. The maximum atomic E-state index is 12.1. The normalized spacial score (nSPS) is 16.6. The molecule has 0 unspecified atom stereocenters. The summed E-state index contributed by atoms with van der Waals surface area (Å²) in [5, 5.41) is 0.402. The number of aromatic nitrogens is 1. The molecule has 4 nitrogen and oxygen atoms in total. The predicted molar refractivity (Wildman–Crippen MR) is 69.8 cm³/mol. The van der Waals surface area contributed by atoms with E-state index in [0.717, 1.165) is 32.6 Å². The van der Waals surface area contributed by atoms with E-state index < -0.39 is 0 Å². The topological polar surface area (TPSA) is 42.4 Å². The van der Waals surface area contributed by atoms with Gasteiger partial charge >= 0.3 is 0 Å². The zero-order chi connectivity index (χ0) is 13.0. The molecule has 0 aliphatic carbocycles. The first kappa shape index (κ1) is 13.3. The van der Waals surface area contributed by atoms with Gasteiger partial charge in [-0.25, -0.2) is 4.98 Å². The number of carbonyl (C=O) groups is 1. The van der Waals surface area contributed by atoms with Crippen LogP contribution in [0.2, 0.25) is 5.15 Å². The van der Waals surface area contributed by atoms with E-state index in [4.69, 9.17) is 16.3 Å². The third-order valence-electron chi connectivity index (χ3n) is 3.19. The molecule has 2 heterocycles. The Kier molecular flexibility index (Phi) is 4.55. The highest BCUT2D eigenvalue weighted by molar-refractivity contribution is 6.29. The Morgan fingerprint density at radius 2 is 2.22 bits per heavy atom. The van der Waals surface area contributed by atoms with Crippen LogP contribution < -0.4 is 0 Å². The molecule has 0 atom stereocenters. The largest absolute Gasteiger partial charge is 0.381 e. The van der Waals surface area contributed by atoms with Crippen LogP contribution in [0, 0.1) is 5.92 Å². The second-order valence-electron chi connectivity index (χ2n) is 4.61. The Morgan fingerprint density at radius 1 is 1.50 bits per heavy atom. The van der Waals surface area contributed by atoms with Crippen molar-refractivity contribution in [2.75, 3.05) is 26.8 Å². The van der Waals surface area contributed by atoms with Gasteiger partial charge in [-0.2, -0.15) is 0 Å². The maximum Gasteiger partial charge on any atom is 0.255 e. The van der Waals surface area contributed by atoms with Crippen LogP contribution >= 0.6 is 11.6 Å². The predicted octanol–water partition coefficient (Wildman–Crippen LogP) is 2.23. The van der Waals surface area contributed by atoms with Crippen molar-refractivity contribution in [1.82, 2.24) is 9.88 Å². The first-order valence-corrected chi connectivity index (χ1v) is 6.49. The lowest BCUT2D eigenvalue weighted by Crippen LogP contribution is -2.34. The Morgan fingerprint density at radius 3 is 2.83 bits per heavy atom. The number of hydrogen-bond donors (Lipinski definition) is 0. The molecule has 5 heteroatoms. The minimum absolute atomic E-state index is 0.00865. The lowest BCUT2D eigenvalue weighted by Gasteiger charge is -2.27. The van der Waals surface area contributed by atoms with Crippen LogP contribution in [0.5, 0.6) is 0 Å². The van der Waals surface area contributed by atoms with E-state index in [1.54, 1.807) is 17.0 Å². The molecule has 1 amide bonds. The SMILES string of the molecule is CN(CC1CCOCC1)C(=O)c1ccc(Cl)nc1. The van der Waals surface area contributed by atoms with Gasteiger partial charge in [0.25, 0.3) is 5.91 Å². The summed E-state index contributed by atoms with van der Waals surface area (Å²) >= 11 is 5.70. The quantitative estimate of drug-likeness (QED) is 0.790. The van der Waals surface area contributed by atoms with Crippen LogP contribution in [0.3, 0.4) is 0 Å². The highest BCUT2D eigenvalue weighted by Crippen LogP contribution is 2.16. The van der Waals surface area contributed by atoms with Crippen molar-refractivity contribution in [2.24, 2.45) is 5.92 Å². The van der Waals surface area contributed by atoms with E-state index in [1.807, 2.05) is 7.05 Å². The molecule has 1 saturated heterocycles. The number of amides is 1. The number of rotatable bonds is 3. The highest BCUT2D eigenvalue weighted by atomic mass is 35.5. The Bertz CT molecular complexity index is 402. The molecule has 1 aliphatic heterocycles. The van der Waals surface area contributed by atoms with Gasteiger partial charge in [0.15, 0.2) is 0 Å². The fourth-order valence-corrected chi connectivity index (χ4v) is 2.23. The van der Waals surface area contributed by atoms with Gasteiger partial charge in [-0.1, -0.05) is 11.6 Å². The monoisotopic (exact) mass is 268 g/mol. The summed E-state index contributed by atoms with van der Waals surface area (Å²) in [6.07, 6.45) is 3.57. The summed E-state index contributed by atoms with van der Waals surface area (Å²) in [6, 6.07) is 3.34. The molecular formula is C13H17ClN2O2. The molecule has 18 heavy (non-hydrogen) atoms. The van der Waals surface area contributed by atoms with Crippen molar-refractivity contribution in [3.05, 3.63) is 29.0 Å². The zero-order valence-electron chi connectivity index (χ0n) is 10.4. The molecule has 1 fully saturated rings. The van der Waals surface area contributed by atoms with Crippen LogP contribution in [-0.4, -0.2) is 42.6 Å². The van der Waals surface area contributed by atoms with E-state index in [1.165, 1.54) is 6.20 Å². The molecule has 0 bridgehead atoms. The molecule has 0 spiro atoms. The van der Waals surface area contributed by atoms with Gasteiger partial charge in [-0.3, -0.25) is 4.79 Å². The number of pyridine rings is 1. The molecule has 0 saturated carbocycles. The fourth-order valence-electron chi connectivity index (χ4n) is 2.12. The molecule has 98 valence electrons. The Hall–Kier alpha value is -1.13. The maximum absolute atomic E-state index is 12.1. The van der Waals surface area contributed by atoms with Crippen LogP contribution in [0.15, 0.2) is 18.3 Å². The van der Waals surface area contributed by atoms with Crippen molar-refractivity contribution in [3.63, 3.8) is 0 Å². The first-order chi connectivity index (χ1) is 8.66. The average molecular weight is 269 g/mol. The number of hydrogen-bond acceptors (Lipinski definition) is 3. The molecule has 1 aromatic heterocycles. The van der Waals surface area contributed by atoms with Gasteiger partial charge in [-0.05, 0) is 30.9 Å². The number of ether oxygens (including phenoxy) is 1. The summed E-state index contributed by atoms with van der Waals surface area (Å²) in [5.74, 6) is 0.526. The van der Waals surface area contributed by atoms with Gasteiger partial charge in [0.05, 0.1) is 5.56 Å². The van der Waals surface area contributed by atoms with Gasteiger partial charge in [0.1, 0.15) is 5.15 Å². The molecule has 1 aliphatic rings. The van der Waals surface area contributed by atoms with Crippen LogP contribution in [0.4, 0.5) is 0 Å². The second kappa shape index (κ2) is 6.16. The van der Waals surface area contributed by atoms with E-state index in [-0.39, 0.29) is 5.91 Å². The highest BCUT2D eigenvalue weighted by Gasteiger charge is 2.19. The molecule has 1 aromatic rings. The van der Waals surface area contributed by atoms with Crippen molar-refractivity contribution in [3.8, 4) is 0 Å². The number of halogens is 1. The van der Waals surface area contributed by atoms with E-state index in [9.17, 15) is 4.79 Å². The van der Waals surface area contributed by atoms with Gasteiger partial charge < -0.3 is 9.64 Å². The molecule has 0 aromatic carbocycles. The van der Waals surface area contributed by atoms with E-state index >= 15 is 0 Å². The van der Waals surface area contributed by atoms with E-state index in [2.05, 4.69) is 4.98 Å². The zero-order valence-corrected chi connectivity index (χ0v) is 11.2. The van der Waals surface area contributed by atoms with Crippen molar-refractivity contribution >= 4 is 17.5 Å². The van der Waals surface area contributed by atoms with Gasteiger partial charge in [0, 0.05) is 33.0 Å². The minimum atomic E-state index is -0.00865. The van der Waals surface area contributed by atoms with Crippen molar-refractivity contribution in [1.29, 1.82) is 0 Å². The van der Waals surface area contributed by atoms with Gasteiger partial charge in [-0.15, -0.1) is 0 Å². The van der Waals surface area contributed by atoms with Crippen LogP contribution in [-0.2, 0) is 4.74 Å². The van der Waals surface area contributed by atoms with Crippen LogP contribution in [0.25, 0.3) is 0 Å². The number of carbonyl (C=O) groups excluding carboxylic acids is 1. The Balaban J connectivity index is 1.93. The average Bonchev–Trinajstić information content (AvgIpc) is 2.40. The third kappa shape index (κ3) is 3.43. The standard InChI is InChI=1S/C13H17ClN2O2/c1-16(9-10-4-6-18-7-5-10)13(17)11-2-3-12(14)15-8-11/h2-3,8,10H,4-7,9H2,1H3. The molecule has 0 radical (unpaired) electrons. The van der Waals surface area contributed by atoms with E-state index in [0.29, 0.717) is 16.6 Å². The smallest absolute Gasteiger partial charge is 0.255 e. The van der Waals surface area contributed by atoms with Gasteiger partial charge in [0.2, 0.25) is 0 Å². The molecule has 0 N–H and O–H groups in total. The Labute approximate surface area is 112 Å². The van der Waals surface area contributed by atoms with Crippen molar-refractivity contribution in [2.45, 2.75) is 12.8 Å². The van der Waals surface area contributed by atoms with Crippen molar-refractivity contribution < 1.29 is 9.53 Å². The lowest BCUT2D eigenvalue weighted by molar-refractivity contribution is 0.0497. The number of nitrogens with zero attached hydrogens (tertiary/aromatic N) is 2. The third-order valence-corrected chi connectivity index (χ3v) is 3.42. The van der Waals surface area contributed by atoms with Crippen LogP contribution in [0.1, 0.15) is 23.2 Å². The first-order valence-electron chi connectivity index (χ1n) is 6.11.